The number of rotatable bonds is 10. The Morgan fingerprint density at radius 2 is 2.12 bits per heavy atom. The van der Waals surface area contributed by atoms with Crippen LogP contribution in [0.5, 0.6) is 11.6 Å². The lowest BCUT2D eigenvalue weighted by Gasteiger charge is -2.32. The number of nitrogens with zero attached hydrogens (tertiary/aromatic N) is 6. The summed E-state index contributed by atoms with van der Waals surface area (Å²) in [6, 6.07) is 12.5. The lowest BCUT2D eigenvalue weighted by atomic mass is 9.92. The second-order valence-corrected chi connectivity index (χ2v) is 11.6. The van der Waals surface area contributed by atoms with E-state index in [9.17, 15) is 9.90 Å². The number of nitriles is 1. The molecule has 1 N–H and O–H groups in total. The minimum absolute atomic E-state index is 0.00526. The van der Waals surface area contributed by atoms with Crippen LogP contribution in [-0.2, 0) is 29.8 Å². The predicted molar refractivity (Wildman–Crippen MR) is 155 cm³/mol. The molecule has 3 aliphatic rings. The van der Waals surface area contributed by atoms with Gasteiger partial charge in [0.15, 0.2) is 0 Å². The molecule has 2 aromatic heterocycles. The van der Waals surface area contributed by atoms with E-state index in [4.69, 9.17) is 29.4 Å². The summed E-state index contributed by atoms with van der Waals surface area (Å²) in [7, 11) is 1.58. The third-order valence-electron chi connectivity index (χ3n) is 9.12. The maximum Gasteiger partial charge on any atom is 0.335 e. The lowest BCUT2D eigenvalue weighted by Crippen LogP contribution is -2.37. The highest BCUT2D eigenvalue weighted by molar-refractivity contribution is 5.92. The van der Waals surface area contributed by atoms with Gasteiger partial charge in [0.2, 0.25) is 5.88 Å². The van der Waals surface area contributed by atoms with Gasteiger partial charge in [-0.1, -0.05) is 6.07 Å². The molecule has 4 aromatic rings. The van der Waals surface area contributed by atoms with Crippen molar-refractivity contribution in [2.75, 3.05) is 26.8 Å². The summed E-state index contributed by atoms with van der Waals surface area (Å²) >= 11 is 0. The number of methoxy groups -OCH3 is 1. The monoisotopic (exact) mass is 580 g/mol. The van der Waals surface area contributed by atoms with E-state index in [-0.39, 0.29) is 23.7 Å². The predicted octanol–water partition coefficient (Wildman–Crippen LogP) is 3.94. The quantitative estimate of drug-likeness (QED) is 0.294. The molecule has 4 heterocycles. The largest absolute Gasteiger partial charge is 0.496 e. The fraction of sp³-hybridized carbons (Fsp3) is 0.406. The smallest absolute Gasteiger partial charge is 0.335 e. The van der Waals surface area contributed by atoms with Crippen molar-refractivity contribution in [3.8, 4) is 17.7 Å². The molecular weight excluding hydrogens is 548 g/mol. The summed E-state index contributed by atoms with van der Waals surface area (Å²) in [5.41, 5.74) is 4.25. The van der Waals surface area contributed by atoms with Gasteiger partial charge < -0.3 is 23.9 Å². The molecular formula is C32H32N6O5. The van der Waals surface area contributed by atoms with Crippen LogP contribution in [0.15, 0.2) is 48.8 Å². The molecule has 1 saturated carbocycles. The summed E-state index contributed by atoms with van der Waals surface area (Å²) in [6.45, 7) is 4.22. The highest BCUT2D eigenvalue weighted by Gasteiger charge is 2.58. The number of fused-ring (bicyclic) bond motifs is 2. The molecule has 3 atom stereocenters. The van der Waals surface area contributed by atoms with E-state index >= 15 is 0 Å². The van der Waals surface area contributed by atoms with Crippen molar-refractivity contribution in [2.45, 2.75) is 50.5 Å². The van der Waals surface area contributed by atoms with Crippen LogP contribution in [0.3, 0.4) is 0 Å². The molecule has 0 bridgehead atoms. The number of ether oxygens (including phenoxy) is 3. The Labute approximate surface area is 248 Å². The minimum Gasteiger partial charge on any atom is -0.496 e. The van der Waals surface area contributed by atoms with Crippen LogP contribution in [0, 0.1) is 17.2 Å². The number of carboxylic acids is 1. The van der Waals surface area contributed by atoms with Gasteiger partial charge in [0.25, 0.3) is 0 Å². The van der Waals surface area contributed by atoms with E-state index in [0.717, 1.165) is 67.1 Å². The van der Waals surface area contributed by atoms with E-state index in [1.165, 1.54) is 0 Å². The number of piperidine rings is 1. The van der Waals surface area contributed by atoms with Gasteiger partial charge in [-0.25, -0.2) is 14.8 Å². The van der Waals surface area contributed by atoms with Crippen molar-refractivity contribution in [3.05, 3.63) is 77.0 Å². The second-order valence-electron chi connectivity index (χ2n) is 11.6. The molecule has 3 fully saturated rings. The molecule has 7 rings (SSSR count). The van der Waals surface area contributed by atoms with Crippen LogP contribution in [-0.4, -0.2) is 68.4 Å². The lowest BCUT2D eigenvalue weighted by molar-refractivity contribution is -0.0592. The Morgan fingerprint density at radius 1 is 1.23 bits per heavy atom. The second kappa shape index (κ2) is 10.9. The third-order valence-corrected chi connectivity index (χ3v) is 9.12. The van der Waals surface area contributed by atoms with Crippen molar-refractivity contribution >= 4 is 17.0 Å². The van der Waals surface area contributed by atoms with Crippen LogP contribution in [0.1, 0.15) is 52.3 Å². The van der Waals surface area contributed by atoms with Crippen LogP contribution in [0.2, 0.25) is 0 Å². The number of aromatic carboxylic acids is 1. The Morgan fingerprint density at radius 3 is 2.86 bits per heavy atom. The first-order valence-corrected chi connectivity index (χ1v) is 14.5. The highest BCUT2D eigenvalue weighted by atomic mass is 16.5. The summed E-state index contributed by atoms with van der Waals surface area (Å²) in [5, 5.41) is 18.7. The molecule has 0 radical (unpaired) electrons. The molecule has 0 amide bonds. The molecule has 1 aliphatic carbocycles. The zero-order chi connectivity index (χ0) is 29.6. The van der Waals surface area contributed by atoms with Gasteiger partial charge in [-0.05, 0) is 62.1 Å². The third kappa shape index (κ3) is 5.17. The number of carbonyl (C=O) groups is 1. The first kappa shape index (κ1) is 27.3. The number of hydrogen-bond donors (Lipinski definition) is 1. The van der Waals surface area contributed by atoms with Crippen LogP contribution in [0.25, 0.3) is 11.0 Å². The summed E-state index contributed by atoms with van der Waals surface area (Å²) in [5.74, 6) is 1.54. The highest BCUT2D eigenvalue weighted by Crippen LogP contribution is 2.58. The van der Waals surface area contributed by atoms with Crippen LogP contribution < -0.4 is 9.47 Å². The summed E-state index contributed by atoms with van der Waals surface area (Å²) < 4.78 is 19.3. The maximum atomic E-state index is 11.6. The van der Waals surface area contributed by atoms with Gasteiger partial charge in [0, 0.05) is 30.3 Å². The number of aromatic nitrogens is 4. The molecule has 220 valence electrons. The number of benzene rings is 2. The van der Waals surface area contributed by atoms with Gasteiger partial charge in [0.05, 0.1) is 66.4 Å². The fourth-order valence-electron chi connectivity index (χ4n) is 6.48. The number of hydrogen-bond acceptors (Lipinski definition) is 9. The first-order valence-electron chi connectivity index (χ1n) is 14.5. The molecule has 3 unspecified atom stereocenters. The minimum atomic E-state index is -0.941. The molecule has 2 aliphatic heterocycles. The Hall–Kier alpha value is -4.53. The van der Waals surface area contributed by atoms with Gasteiger partial charge >= 0.3 is 5.97 Å². The van der Waals surface area contributed by atoms with Crippen molar-refractivity contribution in [1.82, 2.24) is 24.4 Å². The average Bonchev–Trinajstić information content (AvgIpc) is 3.65. The average molecular weight is 581 g/mol. The standard InChI is InChI=1S/C32H32N6O5/c1-41-27-10-20(13-33)2-3-22(27)19-43-30-15-34-14-28(36-30)32-7-8-37(16-23(32)12-32)18-29-35-25-5-4-21(31(39)40)11-26(25)38(29)17-24-6-9-42-24/h2-5,10-11,14-15,23-24H,6-9,12,16-19H2,1H3,(H,39,40). The molecule has 0 spiro atoms. The van der Waals surface area contributed by atoms with E-state index < -0.39 is 5.97 Å². The van der Waals surface area contributed by atoms with Gasteiger partial charge in [-0.3, -0.25) is 9.88 Å². The van der Waals surface area contributed by atoms with Crippen LogP contribution in [0.4, 0.5) is 0 Å². The van der Waals surface area contributed by atoms with Crippen molar-refractivity contribution in [2.24, 2.45) is 5.92 Å². The number of imidazole rings is 1. The molecule has 11 heteroatoms. The van der Waals surface area contributed by atoms with Crippen molar-refractivity contribution in [3.63, 3.8) is 0 Å². The van der Waals surface area contributed by atoms with Gasteiger partial charge in [0.1, 0.15) is 18.2 Å². The Bertz CT molecular complexity index is 1740. The number of likely N-dealkylation sites (tertiary alicyclic amines) is 1. The zero-order valence-electron chi connectivity index (χ0n) is 23.9. The van der Waals surface area contributed by atoms with E-state index in [2.05, 4.69) is 20.5 Å². The zero-order valence-corrected chi connectivity index (χ0v) is 23.9. The van der Waals surface area contributed by atoms with E-state index in [0.29, 0.717) is 36.2 Å². The van der Waals surface area contributed by atoms with Gasteiger partial charge in [-0.15, -0.1) is 0 Å². The van der Waals surface area contributed by atoms with E-state index in [1.54, 1.807) is 43.6 Å². The fourth-order valence-corrected chi connectivity index (χ4v) is 6.48. The van der Waals surface area contributed by atoms with Crippen molar-refractivity contribution in [1.29, 1.82) is 5.26 Å². The van der Waals surface area contributed by atoms with Crippen LogP contribution >= 0.6 is 0 Å². The molecule has 2 saturated heterocycles. The summed E-state index contributed by atoms with van der Waals surface area (Å²) in [6.07, 6.45) is 6.65. The van der Waals surface area contributed by atoms with E-state index in [1.807, 2.05) is 12.3 Å². The normalized spacial score (nSPS) is 22.8. The number of carboxylic acid groups (broad SMARTS) is 1. The molecule has 43 heavy (non-hydrogen) atoms. The molecule has 2 aromatic carbocycles. The first-order chi connectivity index (χ1) is 21.0. The Balaban J connectivity index is 1.04. The topological polar surface area (TPSA) is 136 Å². The molecule has 11 nitrogen and oxygen atoms in total. The Kier molecular flexibility index (Phi) is 6.95. The maximum absolute atomic E-state index is 11.6. The van der Waals surface area contributed by atoms with Crippen molar-refractivity contribution < 1.29 is 24.1 Å². The summed E-state index contributed by atoms with van der Waals surface area (Å²) in [4.78, 5) is 28.3. The van der Waals surface area contributed by atoms with Gasteiger partial charge in [-0.2, -0.15) is 5.26 Å². The SMILES string of the molecule is COc1cc(C#N)ccc1COc1cncc(C23CCN(Cc4nc5ccc(C(=O)O)cc5n4CC4CCO4)CC2C3)n1.